The van der Waals surface area contributed by atoms with E-state index in [1.54, 1.807) is 0 Å². The summed E-state index contributed by atoms with van der Waals surface area (Å²) in [6.45, 7) is 6.33. The number of rotatable bonds is 7. The van der Waals surface area contributed by atoms with Gasteiger partial charge in [-0.3, -0.25) is 0 Å². The van der Waals surface area contributed by atoms with Crippen molar-refractivity contribution in [3.05, 3.63) is 0 Å². The van der Waals surface area contributed by atoms with E-state index in [1.165, 1.54) is 12.8 Å². The Morgan fingerprint density at radius 2 is 2.40 bits per heavy atom. The van der Waals surface area contributed by atoms with Crippen LogP contribution in [-0.2, 0) is 9.47 Å². The second-order valence-corrected chi connectivity index (χ2v) is 4.23. The lowest BCUT2D eigenvalue weighted by molar-refractivity contribution is -0.167. The number of hydrogen-bond acceptors (Lipinski definition) is 4. The highest BCUT2D eigenvalue weighted by molar-refractivity contribution is 4.59. The molecule has 0 aliphatic carbocycles. The van der Waals surface area contributed by atoms with Crippen LogP contribution in [0.15, 0.2) is 0 Å². The van der Waals surface area contributed by atoms with Crippen molar-refractivity contribution in [2.45, 2.75) is 32.5 Å². The van der Waals surface area contributed by atoms with Crippen molar-refractivity contribution in [1.29, 1.82) is 0 Å². The zero-order valence-electron chi connectivity index (χ0n) is 9.71. The Hall–Kier alpha value is -0.160. The van der Waals surface area contributed by atoms with Gasteiger partial charge in [0.2, 0.25) is 0 Å². The standard InChI is InChI=1S/C11H24N2O2/c1-10(8-13-6-5-12)9-15-11-4-2-3-7-14-11/h10-11,13H,2-9,12H2,1H3/t10-,11?/m1/s1. The van der Waals surface area contributed by atoms with Gasteiger partial charge in [-0.25, -0.2) is 0 Å². The van der Waals surface area contributed by atoms with Crippen LogP contribution in [0.4, 0.5) is 0 Å². The topological polar surface area (TPSA) is 56.5 Å². The molecular weight excluding hydrogens is 192 g/mol. The first-order valence-corrected chi connectivity index (χ1v) is 5.97. The Balaban J connectivity index is 1.97. The molecule has 4 nitrogen and oxygen atoms in total. The second-order valence-electron chi connectivity index (χ2n) is 4.23. The fourth-order valence-electron chi connectivity index (χ4n) is 1.62. The average Bonchev–Trinajstić information content (AvgIpc) is 2.28. The van der Waals surface area contributed by atoms with Crippen LogP contribution in [0.2, 0.25) is 0 Å². The molecule has 0 saturated carbocycles. The van der Waals surface area contributed by atoms with Crippen LogP contribution in [0, 0.1) is 5.92 Å². The predicted molar refractivity (Wildman–Crippen MR) is 60.6 cm³/mol. The lowest BCUT2D eigenvalue weighted by Gasteiger charge is -2.24. The maximum Gasteiger partial charge on any atom is 0.157 e. The van der Waals surface area contributed by atoms with Crippen LogP contribution in [0.3, 0.4) is 0 Å². The smallest absolute Gasteiger partial charge is 0.157 e. The molecule has 3 N–H and O–H groups in total. The van der Waals surface area contributed by atoms with Crippen molar-refractivity contribution in [2.75, 3.05) is 32.8 Å². The lowest BCUT2D eigenvalue weighted by atomic mass is 10.2. The Labute approximate surface area is 92.5 Å². The molecule has 1 fully saturated rings. The highest BCUT2D eigenvalue weighted by atomic mass is 16.7. The highest BCUT2D eigenvalue weighted by Gasteiger charge is 2.14. The van der Waals surface area contributed by atoms with Gasteiger partial charge in [0.25, 0.3) is 0 Å². The van der Waals surface area contributed by atoms with Gasteiger partial charge in [-0.2, -0.15) is 0 Å². The minimum atomic E-state index is 0.0377. The summed E-state index contributed by atoms with van der Waals surface area (Å²) >= 11 is 0. The van der Waals surface area contributed by atoms with E-state index in [-0.39, 0.29) is 6.29 Å². The summed E-state index contributed by atoms with van der Waals surface area (Å²) in [5.74, 6) is 0.516. The summed E-state index contributed by atoms with van der Waals surface area (Å²) in [5.41, 5.74) is 5.39. The molecule has 0 radical (unpaired) electrons. The monoisotopic (exact) mass is 216 g/mol. The highest BCUT2D eigenvalue weighted by Crippen LogP contribution is 2.14. The van der Waals surface area contributed by atoms with Crippen molar-refractivity contribution >= 4 is 0 Å². The fraction of sp³-hybridized carbons (Fsp3) is 1.00. The average molecular weight is 216 g/mol. The molecule has 0 aromatic rings. The molecule has 15 heavy (non-hydrogen) atoms. The molecule has 0 aromatic heterocycles. The molecule has 0 bridgehead atoms. The van der Waals surface area contributed by atoms with Gasteiger partial charge in [0.1, 0.15) is 0 Å². The zero-order valence-corrected chi connectivity index (χ0v) is 9.71. The maximum atomic E-state index is 5.68. The van der Waals surface area contributed by atoms with E-state index in [1.807, 2.05) is 0 Å². The lowest BCUT2D eigenvalue weighted by Crippen LogP contribution is -2.31. The molecule has 1 saturated heterocycles. The Kier molecular flexibility index (Phi) is 6.92. The van der Waals surface area contributed by atoms with E-state index in [0.717, 1.165) is 32.7 Å². The number of hydrogen-bond donors (Lipinski definition) is 2. The van der Waals surface area contributed by atoms with Crippen LogP contribution >= 0.6 is 0 Å². The first-order chi connectivity index (χ1) is 7.33. The molecule has 1 rings (SSSR count). The molecule has 0 aromatic carbocycles. The predicted octanol–water partition coefficient (Wildman–Crippen LogP) is 0.714. The first-order valence-electron chi connectivity index (χ1n) is 5.97. The summed E-state index contributed by atoms with van der Waals surface area (Å²) in [4.78, 5) is 0. The zero-order chi connectivity index (χ0) is 10.9. The summed E-state index contributed by atoms with van der Waals surface area (Å²) in [5, 5.41) is 3.28. The molecule has 1 heterocycles. The Morgan fingerprint density at radius 3 is 3.07 bits per heavy atom. The summed E-state index contributed by atoms with van der Waals surface area (Å²) < 4.78 is 11.2. The number of nitrogens with one attached hydrogen (secondary N) is 1. The Morgan fingerprint density at radius 1 is 1.53 bits per heavy atom. The third-order valence-electron chi connectivity index (χ3n) is 2.52. The van der Waals surface area contributed by atoms with Gasteiger partial charge >= 0.3 is 0 Å². The largest absolute Gasteiger partial charge is 0.353 e. The van der Waals surface area contributed by atoms with Gasteiger partial charge in [0, 0.05) is 19.7 Å². The summed E-state index contributed by atoms with van der Waals surface area (Å²) in [6.07, 6.45) is 3.48. The van der Waals surface area contributed by atoms with Gasteiger partial charge in [-0.15, -0.1) is 0 Å². The third-order valence-corrected chi connectivity index (χ3v) is 2.52. The second kappa shape index (κ2) is 8.05. The molecule has 90 valence electrons. The third kappa shape index (κ3) is 6.10. The van der Waals surface area contributed by atoms with Crippen LogP contribution in [0.1, 0.15) is 26.2 Å². The van der Waals surface area contributed by atoms with Crippen molar-refractivity contribution in [3.63, 3.8) is 0 Å². The van der Waals surface area contributed by atoms with Crippen LogP contribution < -0.4 is 11.1 Å². The van der Waals surface area contributed by atoms with Crippen molar-refractivity contribution in [3.8, 4) is 0 Å². The molecule has 4 heteroatoms. The molecule has 1 aliphatic rings. The van der Waals surface area contributed by atoms with E-state index < -0.39 is 0 Å². The normalized spacial score (nSPS) is 24.0. The quantitative estimate of drug-likeness (QED) is 0.616. The molecule has 0 spiro atoms. The number of nitrogens with two attached hydrogens (primary N) is 1. The number of ether oxygens (including phenoxy) is 2. The molecule has 1 unspecified atom stereocenters. The van der Waals surface area contributed by atoms with E-state index in [0.29, 0.717) is 12.5 Å². The molecule has 2 atom stereocenters. The van der Waals surface area contributed by atoms with Crippen LogP contribution in [0.25, 0.3) is 0 Å². The summed E-state index contributed by atoms with van der Waals surface area (Å²) in [7, 11) is 0. The van der Waals surface area contributed by atoms with E-state index >= 15 is 0 Å². The van der Waals surface area contributed by atoms with E-state index in [4.69, 9.17) is 15.2 Å². The SMILES string of the molecule is C[C@H](CNCCN)COC1CCCCO1. The minimum absolute atomic E-state index is 0.0377. The fourth-order valence-corrected chi connectivity index (χ4v) is 1.62. The van der Waals surface area contributed by atoms with Crippen LogP contribution in [0.5, 0.6) is 0 Å². The van der Waals surface area contributed by atoms with Crippen LogP contribution in [-0.4, -0.2) is 39.1 Å². The molecule has 1 aliphatic heterocycles. The van der Waals surface area contributed by atoms with Crippen molar-refractivity contribution in [1.82, 2.24) is 5.32 Å². The van der Waals surface area contributed by atoms with Gasteiger partial charge in [0.05, 0.1) is 6.61 Å². The van der Waals surface area contributed by atoms with Gasteiger partial charge < -0.3 is 20.5 Å². The van der Waals surface area contributed by atoms with E-state index in [2.05, 4.69) is 12.2 Å². The summed E-state index contributed by atoms with van der Waals surface area (Å²) in [6, 6.07) is 0. The van der Waals surface area contributed by atoms with Gasteiger partial charge in [-0.1, -0.05) is 6.92 Å². The molecular formula is C11H24N2O2. The van der Waals surface area contributed by atoms with Gasteiger partial charge in [0.15, 0.2) is 6.29 Å². The minimum Gasteiger partial charge on any atom is -0.353 e. The van der Waals surface area contributed by atoms with Gasteiger partial charge in [-0.05, 0) is 31.7 Å². The first kappa shape index (κ1) is 12.9. The van der Waals surface area contributed by atoms with E-state index in [9.17, 15) is 0 Å². The van der Waals surface area contributed by atoms with Crippen molar-refractivity contribution < 1.29 is 9.47 Å². The van der Waals surface area contributed by atoms with Crippen molar-refractivity contribution in [2.24, 2.45) is 11.7 Å². The molecule has 0 amide bonds. The maximum absolute atomic E-state index is 5.68. The Bertz CT molecular complexity index is 150.